The third-order valence-corrected chi connectivity index (χ3v) is 19.9. The van der Waals surface area contributed by atoms with Gasteiger partial charge in [0.1, 0.15) is 34.5 Å². The van der Waals surface area contributed by atoms with E-state index in [1.807, 2.05) is 210 Å². The van der Waals surface area contributed by atoms with Crippen LogP contribution in [-0.2, 0) is 0 Å². The molecule has 0 radical (unpaired) electrons. The average Bonchev–Trinajstić information content (AvgIpc) is 3.19. The highest BCUT2D eigenvalue weighted by atomic mass is 31.3. The van der Waals surface area contributed by atoms with Gasteiger partial charge >= 0.3 is 30.5 Å². The van der Waals surface area contributed by atoms with Crippen molar-refractivity contribution in [3.8, 4) is 34.5 Å². The molecule has 2 atom stereocenters. The van der Waals surface area contributed by atoms with E-state index in [9.17, 15) is 0 Å². The minimum atomic E-state index is -4.02. The summed E-state index contributed by atoms with van der Waals surface area (Å²) in [5, 5.41) is 0. The molecule has 2 unspecified atom stereocenters. The molecule has 12 nitrogen and oxygen atoms in total. The fourth-order valence-corrected chi connectivity index (χ4v) is 18.8. The predicted molar refractivity (Wildman–Crippen MR) is 227 cm³/mol. The number of hydrogen-bond donors (Lipinski definition) is 0. The maximum atomic E-state index is 7.03. The van der Waals surface area contributed by atoms with E-state index >= 15 is 0 Å². The van der Waals surface area contributed by atoms with Gasteiger partial charge < -0.3 is 27.1 Å². The van der Waals surface area contributed by atoms with Crippen molar-refractivity contribution in [2.45, 2.75) is 0 Å². The quantitative estimate of drug-likeness (QED) is 0.0998. The molecule has 7 rings (SSSR count). The van der Waals surface area contributed by atoms with Crippen molar-refractivity contribution in [3.05, 3.63) is 182 Å². The van der Waals surface area contributed by atoms with Crippen LogP contribution in [0.1, 0.15) is 0 Å². The van der Waals surface area contributed by atoms with Crippen molar-refractivity contribution in [3.63, 3.8) is 0 Å². The maximum absolute atomic E-state index is 7.03. The first-order chi connectivity index (χ1) is 27.2. The molecule has 0 N–H and O–H groups in total. The van der Waals surface area contributed by atoms with E-state index in [4.69, 9.17) is 45.2 Å². The Hall–Kier alpha value is -5.04. The smallest absolute Gasteiger partial charge is 0.430 e. The fourth-order valence-electron chi connectivity index (χ4n) is 5.12. The lowest BCUT2D eigenvalue weighted by Crippen LogP contribution is -2.18. The molecule has 0 saturated carbocycles. The maximum Gasteiger partial charge on any atom is 0.457 e. The van der Waals surface area contributed by atoms with Crippen LogP contribution in [0.5, 0.6) is 34.5 Å². The van der Waals surface area contributed by atoms with Gasteiger partial charge in [0.25, 0.3) is 0 Å². The lowest BCUT2D eigenvalue weighted by atomic mass is 10.3. The van der Waals surface area contributed by atoms with Crippen LogP contribution in [0, 0.1) is 0 Å². The topological polar surface area (TPSA) is 111 Å². The lowest BCUT2D eigenvalue weighted by Gasteiger charge is -2.36. The zero-order valence-corrected chi connectivity index (χ0v) is 34.8. The Bertz CT molecular complexity index is 2170. The molecule has 16 heteroatoms. The first-order valence-electron chi connectivity index (χ1n) is 17.6. The summed E-state index contributed by atoms with van der Waals surface area (Å²) in [6.45, 7) is 0. The van der Waals surface area contributed by atoms with Gasteiger partial charge in [-0.1, -0.05) is 109 Å². The molecule has 0 spiro atoms. The third kappa shape index (κ3) is 9.49. The Labute approximate surface area is 328 Å². The number of rotatable bonds is 14. The first kappa shape index (κ1) is 39.2. The van der Waals surface area contributed by atoms with Crippen LogP contribution in [0.2, 0.25) is 0 Å². The Morgan fingerprint density at radius 3 is 0.679 bits per heavy atom. The molecule has 6 aromatic carbocycles. The summed E-state index contributed by atoms with van der Waals surface area (Å²) in [6, 6.07) is 55.8. The van der Waals surface area contributed by atoms with Gasteiger partial charge in [-0.3, -0.25) is 0 Å². The second-order valence-electron chi connectivity index (χ2n) is 12.5. The number of nitrogens with zero attached hydrogens (tertiary/aromatic N) is 6. The summed E-state index contributed by atoms with van der Waals surface area (Å²) in [6.07, 6.45) is 0. The molecule has 1 heterocycles. The zero-order valence-electron chi connectivity index (χ0n) is 31.2. The van der Waals surface area contributed by atoms with E-state index in [-0.39, 0.29) is 0 Å². The SMILES string of the molecule is CN(C)P1(Oc2ccccc2)=NP(Oc2ccccc2)(Oc2ccccc2)=NP(Oc2ccccc2)(N(C)C)=NP(Oc2ccccc2)(Oc2ccccc2)=N1. The lowest BCUT2D eigenvalue weighted by molar-refractivity contribution is 0.458. The largest absolute Gasteiger partial charge is 0.457 e. The fraction of sp³-hybridized carbons (Fsp3) is 0.100. The molecule has 0 aromatic heterocycles. The zero-order chi connectivity index (χ0) is 38.9. The Morgan fingerprint density at radius 2 is 0.482 bits per heavy atom. The Kier molecular flexibility index (Phi) is 12.2. The van der Waals surface area contributed by atoms with E-state index in [1.54, 1.807) is 9.34 Å². The van der Waals surface area contributed by atoms with Crippen LogP contribution in [0.3, 0.4) is 0 Å². The molecule has 1 aliphatic heterocycles. The molecule has 56 heavy (non-hydrogen) atoms. The van der Waals surface area contributed by atoms with Crippen LogP contribution < -0.4 is 27.1 Å². The van der Waals surface area contributed by atoms with E-state index in [0.29, 0.717) is 34.5 Å². The summed E-state index contributed by atoms with van der Waals surface area (Å²) >= 11 is 0. The monoisotopic (exact) mass is 826 g/mol. The molecular weight excluding hydrogens is 784 g/mol. The molecule has 0 fully saturated rings. The van der Waals surface area contributed by atoms with Gasteiger partial charge in [0.05, 0.1) is 0 Å². The van der Waals surface area contributed by atoms with E-state index in [0.717, 1.165) is 0 Å². The Balaban J connectivity index is 1.67. The molecule has 0 aliphatic carbocycles. The van der Waals surface area contributed by atoms with Crippen LogP contribution in [-0.4, -0.2) is 37.5 Å². The molecule has 1 aliphatic rings. The standard InChI is InChI=1S/C40H42N6O6P4/c1-45(2)53(47-35-23-11-5-12-24-35)41-55(49-37-27-15-7-16-28-37,50-38-29-17-8-18-30-38)43-54(46(3)4,48-36-25-13-6-14-26-36)44-56(42-53,51-39-31-19-9-20-32-39)52-40-33-21-10-22-34-40/h5-34H,1-4H3. The minimum absolute atomic E-state index is 0.458. The number of benzene rings is 6. The molecule has 0 amide bonds. The van der Waals surface area contributed by atoms with Gasteiger partial charge in [0.2, 0.25) is 0 Å². The van der Waals surface area contributed by atoms with E-state index in [1.165, 1.54) is 0 Å². The summed E-state index contributed by atoms with van der Waals surface area (Å²) in [5.41, 5.74) is 0. The van der Waals surface area contributed by atoms with Crippen LogP contribution in [0.4, 0.5) is 0 Å². The average molecular weight is 827 g/mol. The summed E-state index contributed by atoms with van der Waals surface area (Å²) in [4.78, 5) is 0. The third-order valence-electron chi connectivity index (χ3n) is 7.77. The van der Waals surface area contributed by atoms with Crippen molar-refractivity contribution in [1.29, 1.82) is 0 Å². The summed E-state index contributed by atoms with van der Waals surface area (Å²) < 4.78 is 67.8. The highest BCUT2D eigenvalue weighted by Gasteiger charge is 2.48. The second kappa shape index (κ2) is 17.4. The van der Waals surface area contributed by atoms with Crippen molar-refractivity contribution in [2.24, 2.45) is 18.1 Å². The summed E-state index contributed by atoms with van der Waals surface area (Å²) in [7, 11) is -8.26. The van der Waals surface area contributed by atoms with Gasteiger partial charge in [-0.05, 0) is 101 Å². The van der Waals surface area contributed by atoms with Crippen molar-refractivity contribution < 1.29 is 27.1 Å². The van der Waals surface area contributed by atoms with Gasteiger partial charge in [0.15, 0.2) is 0 Å². The van der Waals surface area contributed by atoms with Crippen LogP contribution >= 0.6 is 30.5 Å². The molecule has 288 valence electrons. The van der Waals surface area contributed by atoms with Crippen molar-refractivity contribution in [2.75, 3.05) is 28.2 Å². The first-order valence-corrected chi connectivity index (χ1v) is 23.8. The molecular formula is C40H42N6O6P4. The van der Waals surface area contributed by atoms with Gasteiger partial charge in [-0.25, -0.2) is 9.34 Å². The molecule has 0 saturated heterocycles. The highest BCUT2D eigenvalue weighted by molar-refractivity contribution is 7.80. The molecule has 0 bridgehead atoms. The van der Waals surface area contributed by atoms with Gasteiger partial charge in [-0.15, -0.1) is 18.1 Å². The van der Waals surface area contributed by atoms with Crippen LogP contribution in [0.25, 0.3) is 0 Å². The highest BCUT2D eigenvalue weighted by Crippen LogP contribution is 2.79. The van der Waals surface area contributed by atoms with Crippen molar-refractivity contribution >= 4 is 30.5 Å². The Morgan fingerprint density at radius 1 is 0.286 bits per heavy atom. The minimum Gasteiger partial charge on any atom is -0.430 e. The van der Waals surface area contributed by atoms with E-state index in [2.05, 4.69) is 0 Å². The number of para-hydroxylation sites is 6. The van der Waals surface area contributed by atoms with E-state index < -0.39 is 30.5 Å². The molecule has 6 aromatic rings. The summed E-state index contributed by atoms with van der Waals surface area (Å²) in [5.74, 6) is 2.82. The van der Waals surface area contributed by atoms with Crippen LogP contribution in [0.15, 0.2) is 200 Å². The normalized spacial score (nSPS) is 19.7. The van der Waals surface area contributed by atoms with Gasteiger partial charge in [0, 0.05) is 0 Å². The van der Waals surface area contributed by atoms with Gasteiger partial charge in [-0.2, -0.15) is 0 Å². The van der Waals surface area contributed by atoms with Crippen molar-refractivity contribution in [1.82, 2.24) is 9.34 Å². The predicted octanol–water partition coefficient (Wildman–Crippen LogP) is 13.4. The number of hydrogen-bond acceptors (Lipinski definition) is 12. The second-order valence-corrected chi connectivity index (χ2v) is 22.1.